The molecule has 2 N–H and O–H groups in total. The van der Waals surface area contributed by atoms with Gasteiger partial charge in [-0.05, 0) is 45.8 Å². The second-order valence-electron chi connectivity index (χ2n) is 6.54. The molecule has 0 saturated heterocycles. The zero-order chi connectivity index (χ0) is 21.1. The lowest BCUT2D eigenvalue weighted by atomic mass is 9.97. The van der Waals surface area contributed by atoms with Gasteiger partial charge in [0.05, 0.1) is 6.21 Å². The van der Waals surface area contributed by atoms with Crippen LogP contribution in [0.1, 0.15) is 5.56 Å². The van der Waals surface area contributed by atoms with Crippen LogP contribution < -0.4 is 10.7 Å². The normalized spacial score (nSPS) is 11.1. The van der Waals surface area contributed by atoms with E-state index in [0.717, 1.165) is 27.1 Å². The first-order valence-electron chi connectivity index (χ1n) is 9.02. The maximum absolute atomic E-state index is 12.1. The second kappa shape index (κ2) is 8.53. The number of fused-ring (bicyclic) bond motifs is 2. The van der Waals surface area contributed by atoms with E-state index in [4.69, 9.17) is 23.2 Å². The van der Waals surface area contributed by atoms with Crippen LogP contribution in [0, 0.1) is 0 Å². The summed E-state index contributed by atoms with van der Waals surface area (Å²) in [5.74, 6) is -1.79. The van der Waals surface area contributed by atoms with E-state index in [2.05, 4.69) is 21.9 Å². The molecular formula is C23H15Cl2N3O2. The largest absolute Gasteiger partial charge is 0.329 e. The zero-order valence-electron chi connectivity index (χ0n) is 15.5. The second-order valence-corrected chi connectivity index (χ2v) is 7.42. The highest BCUT2D eigenvalue weighted by atomic mass is 35.5. The predicted octanol–water partition coefficient (Wildman–Crippen LogP) is 5.39. The maximum atomic E-state index is 12.1. The molecule has 4 rings (SSSR count). The van der Waals surface area contributed by atoms with Gasteiger partial charge in [0, 0.05) is 21.3 Å². The number of rotatable bonds is 3. The van der Waals surface area contributed by atoms with Gasteiger partial charge in [-0.25, -0.2) is 5.43 Å². The van der Waals surface area contributed by atoms with E-state index >= 15 is 0 Å². The molecule has 0 unspecified atom stereocenters. The van der Waals surface area contributed by atoms with Gasteiger partial charge in [0.2, 0.25) is 0 Å². The van der Waals surface area contributed by atoms with Crippen LogP contribution in [-0.4, -0.2) is 18.0 Å². The number of amides is 2. The molecule has 0 spiro atoms. The lowest BCUT2D eigenvalue weighted by Crippen LogP contribution is -2.32. The molecule has 0 radical (unpaired) electrons. The molecule has 148 valence electrons. The molecule has 30 heavy (non-hydrogen) atoms. The van der Waals surface area contributed by atoms with Crippen molar-refractivity contribution >= 4 is 68.5 Å². The number of nitrogens with zero attached hydrogens (tertiary/aromatic N) is 1. The van der Waals surface area contributed by atoms with Crippen LogP contribution in [0.5, 0.6) is 0 Å². The van der Waals surface area contributed by atoms with Crippen LogP contribution >= 0.6 is 23.2 Å². The summed E-state index contributed by atoms with van der Waals surface area (Å²) < 4.78 is 0. The van der Waals surface area contributed by atoms with Crippen LogP contribution in [0.4, 0.5) is 5.69 Å². The smallest absolute Gasteiger partial charge is 0.318 e. The van der Waals surface area contributed by atoms with Gasteiger partial charge in [-0.15, -0.1) is 0 Å². The van der Waals surface area contributed by atoms with Crippen LogP contribution in [0.15, 0.2) is 77.9 Å². The third kappa shape index (κ3) is 4.27. The molecule has 0 aliphatic carbocycles. The Morgan fingerprint density at radius 3 is 1.93 bits per heavy atom. The molecule has 7 heteroatoms. The minimum absolute atomic E-state index is 0.316. The summed E-state index contributed by atoms with van der Waals surface area (Å²) in [5, 5.41) is 11.2. The SMILES string of the molecule is O=C(NN=Cc1c2ccccc2cc2ccccc12)C(=O)Nc1cc(Cl)cc(Cl)c1. The summed E-state index contributed by atoms with van der Waals surface area (Å²) in [4.78, 5) is 24.3. The summed E-state index contributed by atoms with van der Waals surface area (Å²) in [6.45, 7) is 0. The Morgan fingerprint density at radius 2 is 1.33 bits per heavy atom. The molecule has 0 aromatic heterocycles. The van der Waals surface area contributed by atoms with Crippen LogP contribution in [-0.2, 0) is 9.59 Å². The van der Waals surface area contributed by atoms with Crippen molar-refractivity contribution in [1.29, 1.82) is 0 Å². The highest BCUT2D eigenvalue weighted by Gasteiger charge is 2.14. The summed E-state index contributed by atoms with van der Waals surface area (Å²) in [7, 11) is 0. The van der Waals surface area contributed by atoms with Gasteiger partial charge in [0.25, 0.3) is 0 Å². The lowest BCUT2D eigenvalue weighted by molar-refractivity contribution is -0.136. The van der Waals surface area contributed by atoms with E-state index in [9.17, 15) is 9.59 Å². The van der Waals surface area contributed by atoms with E-state index in [1.165, 1.54) is 18.2 Å². The summed E-state index contributed by atoms with van der Waals surface area (Å²) >= 11 is 11.8. The van der Waals surface area contributed by atoms with E-state index in [1.54, 1.807) is 6.21 Å². The van der Waals surface area contributed by atoms with Gasteiger partial charge < -0.3 is 5.32 Å². The summed E-state index contributed by atoms with van der Waals surface area (Å²) in [6.07, 6.45) is 1.55. The number of hydrogen-bond acceptors (Lipinski definition) is 3. The Morgan fingerprint density at radius 1 is 0.767 bits per heavy atom. The monoisotopic (exact) mass is 435 g/mol. The number of hydrogen-bond donors (Lipinski definition) is 2. The highest BCUT2D eigenvalue weighted by Crippen LogP contribution is 2.27. The number of hydrazone groups is 1. The first kappa shape index (κ1) is 19.9. The van der Waals surface area contributed by atoms with Crippen molar-refractivity contribution in [1.82, 2.24) is 5.43 Å². The molecule has 2 amide bonds. The Labute approximate surface area is 182 Å². The fraction of sp³-hybridized carbons (Fsp3) is 0. The first-order valence-corrected chi connectivity index (χ1v) is 9.78. The Kier molecular flexibility index (Phi) is 5.65. The van der Waals surface area contributed by atoms with Gasteiger partial charge >= 0.3 is 11.8 Å². The van der Waals surface area contributed by atoms with E-state index in [1.807, 2.05) is 48.5 Å². The third-order valence-corrected chi connectivity index (χ3v) is 4.94. The average Bonchev–Trinajstić information content (AvgIpc) is 2.72. The standard InChI is InChI=1S/C23H15Cl2N3O2/c24-16-10-17(25)12-18(11-16)27-22(29)23(30)28-26-13-21-19-7-3-1-5-14(19)9-15-6-2-4-8-20(15)21/h1-13H,(H,27,29)(H,28,30). The molecule has 0 saturated carbocycles. The molecule has 0 atom stereocenters. The van der Waals surface area contributed by atoms with Crippen molar-refractivity contribution in [3.63, 3.8) is 0 Å². The van der Waals surface area contributed by atoms with Gasteiger partial charge in [-0.2, -0.15) is 5.10 Å². The topological polar surface area (TPSA) is 70.6 Å². The summed E-state index contributed by atoms with van der Waals surface area (Å²) in [6, 6.07) is 22.4. The quantitative estimate of drug-likeness (QED) is 0.196. The fourth-order valence-corrected chi connectivity index (χ4v) is 3.73. The Bertz CT molecular complexity index is 1240. The Hall–Kier alpha value is -3.41. The van der Waals surface area contributed by atoms with Crippen molar-refractivity contribution in [2.45, 2.75) is 0 Å². The minimum atomic E-state index is -0.910. The Balaban J connectivity index is 1.56. The maximum Gasteiger partial charge on any atom is 0.329 e. The van der Waals surface area contributed by atoms with Crippen LogP contribution in [0.3, 0.4) is 0 Å². The molecule has 0 aliphatic heterocycles. The molecule has 4 aromatic rings. The van der Waals surface area contributed by atoms with Crippen molar-refractivity contribution in [3.05, 3.63) is 88.4 Å². The number of benzene rings is 4. The number of carbonyl (C=O) groups excluding carboxylic acids is 2. The van der Waals surface area contributed by atoms with Crippen LogP contribution in [0.25, 0.3) is 21.5 Å². The number of anilines is 1. The van der Waals surface area contributed by atoms with Crippen molar-refractivity contribution < 1.29 is 9.59 Å². The number of nitrogens with one attached hydrogen (secondary N) is 2. The van der Waals surface area contributed by atoms with Crippen molar-refractivity contribution in [2.75, 3.05) is 5.32 Å². The molecule has 0 heterocycles. The lowest BCUT2D eigenvalue weighted by Gasteiger charge is -2.08. The van der Waals surface area contributed by atoms with E-state index in [-0.39, 0.29) is 0 Å². The van der Waals surface area contributed by atoms with Gasteiger partial charge in [-0.1, -0.05) is 71.7 Å². The van der Waals surface area contributed by atoms with Gasteiger partial charge in [0.1, 0.15) is 0 Å². The first-order chi connectivity index (χ1) is 14.5. The molecule has 4 aromatic carbocycles. The highest BCUT2D eigenvalue weighted by molar-refractivity contribution is 6.40. The van der Waals surface area contributed by atoms with E-state index < -0.39 is 11.8 Å². The predicted molar refractivity (Wildman–Crippen MR) is 122 cm³/mol. The molecule has 5 nitrogen and oxygen atoms in total. The molecule has 0 bridgehead atoms. The van der Waals surface area contributed by atoms with Crippen LogP contribution in [0.2, 0.25) is 10.0 Å². The van der Waals surface area contributed by atoms with E-state index in [0.29, 0.717) is 15.7 Å². The molecule has 0 aliphatic rings. The summed E-state index contributed by atoms with van der Waals surface area (Å²) in [5.41, 5.74) is 3.43. The van der Waals surface area contributed by atoms with Crippen molar-refractivity contribution in [2.24, 2.45) is 5.10 Å². The van der Waals surface area contributed by atoms with Gasteiger partial charge in [-0.3, -0.25) is 9.59 Å². The molecule has 0 fully saturated rings. The number of carbonyl (C=O) groups is 2. The third-order valence-electron chi connectivity index (χ3n) is 4.50. The average molecular weight is 436 g/mol. The minimum Gasteiger partial charge on any atom is -0.318 e. The van der Waals surface area contributed by atoms with Gasteiger partial charge in [0.15, 0.2) is 0 Å². The molecular weight excluding hydrogens is 421 g/mol. The zero-order valence-corrected chi connectivity index (χ0v) is 17.0. The number of halogens is 2. The van der Waals surface area contributed by atoms with Crippen molar-refractivity contribution in [3.8, 4) is 0 Å². The fourth-order valence-electron chi connectivity index (χ4n) is 3.21.